The fourth-order valence-corrected chi connectivity index (χ4v) is 2.63. The standard InChI is InChI=1S/C12H17Cl2N3O/c1-12(18)3-5-17(6-4-12)11-9(14)7-8(13)10(15-2)16-11/h7,18H,3-6H2,1-2H3,(H,15,16). The van der Waals surface area contributed by atoms with Gasteiger partial charge in [0, 0.05) is 20.1 Å². The highest BCUT2D eigenvalue weighted by Gasteiger charge is 2.29. The first-order valence-electron chi connectivity index (χ1n) is 5.94. The van der Waals surface area contributed by atoms with Crippen molar-refractivity contribution in [2.75, 3.05) is 30.4 Å². The molecule has 1 aromatic rings. The number of rotatable bonds is 2. The van der Waals surface area contributed by atoms with Crippen molar-refractivity contribution in [2.24, 2.45) is 0 Å². The van der Waals surface area contributed by atoms with Gasteiger partial charge in [0.15, 0.2) is 0 Å². The lowest BCUT2D eigenvalue weighted by Crippen LogP contribution is -2.42. The van der Waals surface area contributed by atoms with Gasteiger partial charge in [-0.05, 0) is 25.8 Å². The molecule has 0 aromatic carbocycles. The molecule has 0 unspecified atom stereocenters. The van der Waals surface area contributed by atoms with Crippen molar-refractivity contribution in [3.8, 4) is 0 Å². The summed E-state index contributed by atoms with van der Waals surface area (Å²) in [5, 5.41) is 13.9. The van der Waals surface area contributed by atoms with Crippen molar-refractivity contribution in [3.05, 3.63) is 16.1 Å². The van der Waals surface area contributed by atoms with Crippen LogP contribution in [0.25, 0.3) is 0 Å². The maximum absolute atomic E-state index is 9.94. The molecule has 1 aromatic heterocycles. The van der Waals surface area contributed by atoms with Crippen molar-refractivity contribution in [1.82, 2.24) is 4.98 Å². The smallest absolute Gasteiger partial charge is 0.149 e. The molecule has 0 spiro atoms. The number of halogens is 2. The molecule has 0 radical (unpaired) electrons. The lowest BCUT2D eigenvalue weighted by Gasteiger charge is -2.36. The lowest BCUT2D eigenvalue weighted by atomic mass is 9.94. The highest BCUT2D eigenvalue weighted by atomic mass is 35.5. The van der Waals surface area contributed by atoms with Crippen molar-refractivity contribution >= 4 is 34.8 Å². The molecular formula is C12H17Cl2N3O. The normalized spacial score (nSPS) is 18.8. The van der Waals surface area contributed by atoms with Crippen LogP contribution in [-0.2, 0) is 0 Å². The molecule has 18 heavy (non-hydrogen) atoms. The minimum Gasteiger partial charge on any atom is -0.390 e. The summed E-state index contributed by atoms with van der Waals surface area (Å²) in [6.45, 7) is 3.34. The van der Waals surface area contributed by atoms with Crippen LogP contribution in [0.5, 0.6) is 0 Å². The van der Waals surface area contributed by atoms with Gasteiger partial charge in [-0.15, -0.1) is 0 Å². The Bertz CT molecular complexity index is 441. The summed E-state index contributed by atoms with van der Waals surface area (Å²) in [6.07, 6.45) is 1.42. The number of nitrogens with one attached hydrogen (secondary N) is 1. The van der Waals surface area contributed by atoms with Gasteiger partial charge in [0.25, 0.3) is 0 Å². The van der Waals surface area contributed by atoms with E-state index in [0.29, 0.717) is 28.7 Å². The fourth-order valence-electron chi connectivity index (χ4n) is 2.05. The Kier molecular flexibility index (Phi) is 3.90. The van der Waals surface area contributed by atoms with Crippen molar-refractivity contribution in [1.29, 1.82) is 0 Å². The number of aromatic nitrogens is 1. The Balaban J connectivity index is 2.24. The molecule has 0 atom stereocenters. The van der Waals surface area contributed by atoms with Crippen LogP contribution in [0.2, 0.25) is 10.0 Å². The van der Waals surface area contributed by atoms with E-state index in [1.54, 1.807) is 13.1 Å². The molecule has 100 valence electrons. The van der Waals surface area contributed by atoms with Crippen LogP contribution in [0.3, 0.4) is 0 Å². The molecule has 0 saturated carbocycles. The molecule has 1 saturated heterocycles. The lowest BCUT2D eigenvalue weighted by molar-refractivity contribution is 0.0350. The minimum absolute atomic E-state index is 0.509. The van der Waals surface area contributed by atoms with E-state index >= 15 is 0 Å². The summed E-state index contributed by atoms with van der Waals surface area (Å²) in [5.74, 6) is 1.34. The molecule has 2 heterocycles. The molecule has 0 bridgehead atoms. The first-order chi connectivity index (χ1) is 8.43. The van der Waals surface area contributed by atoms with Gasteiger partial charge < -0.3 is 15.3 Å². The molecule has 0 aliphatic carbocycles. The number of hydrogen-bond donors (Lipinski definition) is 2. The van der Waals surface area contributed by atoms with Crippen LogP contribution in [0.15, 0.2) is 6.07 Å². The predicted molar refractivity (Wildman–Crippen MR) is 75.9 cm³/mol. The third-order valence-electron chi connectivity index (χ3n) is 3.29. The second-order valence-electron chi connectivity index (χ2n) is 4.86. The zero-order valence-corrected chi connectivity index (χ0v) is 12.0. The largest absolute Gasteiger partial charge is 0.390 e. The maximum atomic E-state index is 9.94. The van der Waals surface area contributed by atoms with Gasteiger partial charge in [-0.3, -0.25) is 0 Å². The summed E-state index contributed by atoms with van der Waals surface area (Å²) < 4.78 is 0. The third kappa shape index (κ3) is 2.82. The molecule has 1 aliphatic rings. The average molecular weight is 290 g/mol. The number of aliphatic hydroxyl groups is 1. The Morgan fingerprint density at radius 3 is 2.50 bits per heavy atom. The Hall–Kier alpha value is -0.710. The van der Waals surface area contributed by atoms with Crippen LogP contribution in [-0.4, -0.2) is 35.8 Å². The van der Waals surface area contributed by atoms with E-state index in [2.05, 4.69) is 15.2 Å². The first kappa shape index (κ1) is 13.7. The Morgan fingerprint density at radius 2 is 1.94 bits per heavy atom. The van der Waals surface area contributed by atoms with E-state index in [0.717, 1.165) is 18.9 Å². The van der Waals surface area contributed by atoms with Gasteiger partial charge >= 0.3 is 0 Å². The summed E-state index contributed by atoms with van der Waals surface area (Å²) in [7, 11) is 1.77. The second-order valence-corrected chi connectivity index (χ2v) is 5.67. The zero-order chi connectivity index (χ0) is 13.3. The molecule has 1 aliphatic heterocycles. The van der Waals surface area contributed by atoms with Gasteiger partial charge in [0.1, 0.15) is 11.6 Å². The summed E-state index contributed by atoms with van der Waals surface area (Å²) in [6, 6.07) is 1.70. The zero-order valence-electron chi connectivity index (χ0n) is 10.5. The van der Waals surface area contributed by atoms with Gasteiger partial charge in [-0.2, -0.15) is 0 Å². The number of anilines is 2. The number of pyridine rings is 1. The second kappa shape index (κ2) is 5.11. The SMILES string of the molecule is CNc1nc(N2CCC(C)(O)CC2)c(Cl)cc1Cl. The highest BCUT2D eigenvalue weighted by Crippen LogP contribution is 2.33. The summed E-state index contributed by atoms with van der Waals surface area (Å²) in [4.78, 5) is 6.51. The predicted octanol–water partition coefficient (Wildman–Crippen LogP) is 2.78. The number of hydrogen-bond acceptors (Lipinski definition) is 4. The number of piperidine rings is 1. The molecule has 6 heteroatoms. The monoisotopic (exact) mass is 289 g/mol. The van der Waals surface area contributed by atoms with Crippen molar-refractivity contribution in [2.45, 2.75) is 25.4 Å². The quantitative estimate of drug-likeness (QED) is 0.879. The summed E-state index contributed by atoms with van der Waals surface area (Å²) in [5.41, 5.74) is -0.582. The highest BCUT2D eigenvalue weighted by molar-refractivity contribution is 6.37. The molecule has 0 amide bonds. The van der Waals surface area contributed by atoms with E-state index in [4.69, 9.17) is 23.2 Å². The Morgan fingerprint density at radius 1 is 1.33 bits per heavy atom. The molecule has 2 N–H and O–H groups in total. The van der Waals surface area contributed by atoms with E-state index in [1.807, 2.05) is 6.92 Å². The minimum atomic E-state index is -0.582. The van der Waals surface area contributed by atoms with Gasteiger partial charge in [-0.25, -0.2) is 4.98 Å². The summed E-state index contributed by atoms with van der Waals surface area (Å²) >= 11 is 12.2. The third-order valence-corrected chi connectivity index (χ3v) is 3.85. The molecular weight excluding hydrogens is 273 g/mol. The van der Waals surface area contributed by atoms with Crippen LogP contribution >= 0.6 is 23.2 Å². The first-order valence-corrected chi connectivity index (χ1v) is 6.70. The van der Waals surface area contributed by atoms with Gasteiger partial charge in [0.05, 0.1) is 15.6 Å². The molecule has 2 rings (SSSR count). The van der Waals surface area contributed by atoms with Crippen LogP contribution < -0.4 is 10.2 Å². The van der Waals surface area contributed by atoms with Crippen molar-refractivity contribution < 1.29 is 5.11 Å². The van der Waals surface area contributed by atoms with E-state index in [9.17, 15) is 5.11 Å². The van der Waals surface area contributed by atoms with Crippen LogP contribution in [0, 0.1) is 0 Å². The molecule has 1 fully saturated rings. The van der Waals surface area contributed by atoms with Crippen LogP contribution in [0.4, 0.5) is 11.6 Å². The van der Waals surface area contributed by atoms with Crippen LogP contribution in [0.1, 0.15) is 19.8 Å². The fraction of sp³-hybridized carbons (Fsp3) is 0.583. The van der Waals surface area contributed by atoms with Crippen molar-refractivity contribution in [3.63, 3.8) is 0 Å². The van der Waals surface area contributed by atoms with Gasteiger partial charge in [-0.1, -0.05) is 23.2 Å². The van der Waals surface area contributed by atoms with Gasteiger partial charge in [0.2, 0.25) is 0 Å². The van der Waals surface area contributed by atoms with E-state index in [1.165, 1.54) is 0 Å². The maximum Gasteiger partial charge on any atom is 0.149 e. The molecule has 4 nitrogen and oxygen atoms in total. The topological polar surface area (TPSA) is 48.4 Å². The van der Waals surface area contributed by atoms with E-state index < -0.39 is 5.60 Å². The van der Waals surface area contributed by atoms with E-state index in [-0.39, 0.29) is 0 Å². The number of nitrogens with zero attached hydrogens (tertiary/aromatic N) is 2. The average Bonchev–Trinajstić information content (AvgIpc) is 2.30. The Labute approximate surface area is 117 Å².